The predicted octanol–water partition coefficient (Wildman–Crippen LogP) is 1.52. The molecule has 4 rings (SSSR count). The summed E-state index contributed by atoms with van der Waals surface area (Å²) in [4.78, 5) is 6.52. The maximum absolute atomic E-state index is 12.8. The average molecular weight is 408 g/mol. The zero-order chi connectivity index (χ0) is 19.6. The van der Waals surface area contributed by atoms with Crippen molar-refractivity contribution in [2.75, 3.05) is 44.8 Å². The van der Waals surface area contributed by atoms with Gasteiger partial charge in [0.05, 0.1) is 12.0 Å². The molecule has 1 saturated heterocycles. The van der Waals surface area contributed by atoms with Gasteiger partial charge in [-0.3, -0.25) is 0 Å². The minimum absolute atomic E-state index is 0.259. The van der Waals surface area contributed by atoms with Crippen molar-refractivity contribution < 1.29 is 22.4 Å². The Balaban J connectivity index is 1.32. The van der Waals surface area contributed by atoms with Gasteiger partial charge in [0.15, 0.2) is 5.82 Å². The summed E-state index contributed by atoms with van der Waals surface area (Å²) in [5.74, 6) is 1.83. The second-order valence-electron chi connectivity index (χ2n) is 7.02. The van der Waals surface area contributed by atoms with Crippen molar-refractivity contribution in [1.82, 2.24) is 14.4 Å². The molecule has 0 atom stereocenters. The molecule has 0 bridgehead atoms. The number of hydrogen-bond donors (Lipinski definition) is 0. The number of aromatic nitrogens is 2. The van der Waals surface area contributed by atoms with E-state index in [-0.39, 0.29) is 4.90 Å². The van der Waals surface area contributed by atoms with E-state index in [1.807, 2.05) is 4.90 Å². The largest absolute Gasteiger partial charge is 0.497 e. The van der Waals surface area contributed by atoms with Crippen LogP contribution in [0.1, 0.15) is 18.7 Å². The quantitative estimate of drug-likeness (QED) is 0.648. The molecule has 152 valence electrons. The van der Waals surface area contributed by atoms with E-state index in [0.717, 1.165) is 6.61 Å². The minimum atomic E-state index is -3.54. The Labute approximate surface area is 164 Å². The van der Waals surface area contributed by atoms with Gasteiger partial charge in [-0.15, -0.1) is 0 Å². The Hall–Kier alpha value is -2.17. The van der Waals surface area contributed by atoms with Gasteiger partial charge in [0.25, 0.3) is 0 Å². The highest BCUT2D eigenvalue weighted by molar-refractivity contribution is 7.89. The Kier molecular flexibility index (Phi) is 5.51. The standard InChI is InChI=1S/C18H24N4O5S/c1-25-15-4-6-16(7-5-15)28(23,24)22-10-8-21(9-11-22)18-19-17(20-27-18)13-26-12-14-2-3-14/h4-7,14H,2-3,8-13H2,1H3. The zero-order valence-electron chi connectivity index (χ0n) is 15.8. The molecule has 28 heavy (non-hydrogen) atoms. The van der Waals surface area contributed by atoms with Gasteiger partial charge in [-0.05, 0) is 43.0 Å². The van der Waals surface area contributed by atoms with E-state index < -0.39 is 10.0 Å². The normalized spacial score (nSPS) is 18.4. The molecule has 1 saturated carbocycles. The summed E-state index contributed by atoms with van der Waals surface area (Å²) in [7, 11) is -1.99. The third-order valence-corrected chi connectivity index (χ3v) is 6.86. The third-order valence-electron chi connectivity index (χ3n) is 4.95. The van der Waals surface area contributed by atoms with E-state index in [1.54, 1.807) is 31.4 Å². The molecule has 2 heterocycles. The summed E-state index contributed by atoms with van der Waals surface area (Å²) in [6.07, 6.45) is 2.47. The van der Waals surface area contributed by atoms with Gasteiger partial charge >= 0.3 is 6.01 Å². The van der Waals surface area contributed by atoms with Crippen molar-refractivity contribution in [3.05, 3.63) is 30.1 Å². The van der Waals surface area contributed by atoms with Crippen molar-refractivity contribution in [1.29, 1.82) is 0 Å². The van der Waals surface area contributed by atoms with Crippen LogP contribution in [-0.2, 0) is 21.4 Å². The summed E-state index contributed by atoms with van der Waals surface area (Å²) in [5, 5.41) is 3.94. The Morgan fingerprint density at radius 2 is 1.86 bits per heavy atom. The lowest BCUT2D eigenvalue weighted by Gasteiger charge is -2.32. The molecule has 2 fully saturated rings. The number of anilines is 1. The van der Waals surface area contributed by atoms with Gasteiger partial charge < -0.3 is 18.9 Å². The lowest BCUT2D eigenvalue weighted by atomic mass is 10.3. The number of nitrogens with zero attached hydrogens (tertiary/aromatic N) is 4. The second-order valence-corrected chi connectivity index (χ2v) is 8.96. The Morgan fingerprint density at radius 1 is 1.14 bits per heavy atom. The van der Waals surface area contributed by atoms with Crippen LogP contribution in [0.2, 0.25) is 0 Å². The highest BCUT2D eigenvalue weighted by Crippen LogP contribution is 2.29. The summed E-state index contributed by atoms with van der Waals surface area (Å²) in [6, 6.07) is 6.83. The van der Waals surface area contributed by atoms with Crippen LogP contribution in [0.5, 0.6) is 5.75 Å². The molecule has 2 aromatic rings. The molecule has 1 aliphatic carbocycles. The first-order valence-electron chi connectivity index (χ1n) is 9.36. The fourth-order valence-corrected chi connectivity index (χ4v) is 4.47. The SMILES string of the molecule is COc1ccc(S(=O)(=O)N2CCN(c3nc(COCC4CC4)no3)CC2)cc1. The highest BCUT2D eigenvalue weighted by Gasteiger charge is 2.30. The van der Waals surface area contributed by atoms with Gasteiger partial charge in [0.2, 0.25) is 10.0 Å². The molecule has 0 N–H and O–H groups in total. The zero-order valence-corrected chi connectivity index (χ0v) is 16.6. The molecule has 1 aromatic heterocycles. The van der Waals surface area contributed by atoms with Crippen molar-refractivity contribution >= 4 is 16.0 Å². The third kappa shape index (κ3) is 4.29. The van der Waals surface area contributed by atoms with E-state index in [9.17, 15) is 8.42 Å². The highest BCUT2D eigenvalue weighted by atomic mass is 32.2. The van der Waals surface area contributed by atoms with Crippen LogP contribution in [0.3, 0.4) is 0 Å². The van der Waals surface area contributed by atoms with Crippen LogP contribution < -0.4 is 9.64 Å². The molecular weight excluding hydrogens is 384 g/mol. The monoisotopic (exact) mass is 408 g/mol. The van der Waals surface area contributed by atoms with Crippen molar-refractivity contribution in [2.24, 2.45) is 5.92 Å². The number of ether oxygens (including phenoxy) is 2. The summed E-state index contributed by atoms with van der Waals surface area (Å²) < 4.78 is 43.1. The van der Waals surface area contributed by atoms with Crippen LogP contribution in [0.15, 0.2) is 33.7 Å². The number of hydrogen-bond acceptors (Lipinski definition) is 8. The summed E-state index contributed by atoms with van der Waals surface area (Å²) in [5.41, 5.74) is 0. The lowest BCUT2D eigenvalue weighted by molar-refractivity contribution is 0.104. The molecule has 0 radical (unpaired) electrons. The maximum atomic E-state index is 12.8. The molecule has 0 amide bonds. The average Bonchev–Trinajstić information content (AvgIpc) is 3.43. The summed E-state index contributed by atoms with van der Waals surface area (Å²) in [6.45, 7) is 2.76. The van der Waals surface area contributed by atoms with E-state index in [0.29, 0.717) is 56.3 Å². The van der Waals surface area contributed by atoms with Crippen LogP contribution >= 0.6 is 0 Å². The molecule has 9 nitrogen and oxygen atoms in total. The molecule has 10 heteroatoms. The van der Waals surface area contributed by atoms with Gasteiger partial charge in [-0.25, -0.2) is 8.42 Å². The van der Waals surface area contributed by atoms with E-state index in [2.05, 4.69) is 10.1 Å². The second kappa shape index (κ2) is 8.06. The lowest BCUT2D eigenvalue weighted by Crippen LogP contribution is -2.48. The topological polar surface area (TPSA) is 98.0 Å². The Bertz CT molecular complexity index is 887. The predicted molar refractivity (Wildman–Crippen MR) is 101 cm³/mol. The van der Waals surface area contributed by atoms with E-state index in [4.69, 9.17) is 14.0 Å². The van der Waals surface area contributed by atoms with Crippen LogP contribution in [0, 0.1) is 5.92 Å². The number of methoxy groups -OCH3 is 1. The maximum Gasteiger partial charge on any atom is 0.324 e. The first-order valence-corrected chi connectivity index (χ1v) is 10.8. The number of rotatable bonds is 8. The first kappa shape index (κ1) is 19.2. The van der Waals surface area contributed by atoms with Crippen molar-refractivity contribution in [3.63, 3.8) is 0 Å². The van der Waals surface area contributed by atoms with Gasteiger partial charge in [0.1, 0.15) is 12.4 Å². The van der Waals surface area contributed by atoms with Gasteiger partial charge in [-0.2, -0.15) is 9.29 Å². The molecule has 2 aliphatic rings. The van der Waals surface area contributed by atoms with Crippen LogP contribution in [0.25, 0.3) is 0 Å². The van der Waals surface area contributed by atoms with Gasteiger partial charge in [-0.1, -0.05) is 5.16 Å². The fourth-order valence-electron chi connectivity index (χ4n) is 3.05. The summed E-state index contributed by atoms with van der Waals surface area (Å²) >= 11 is 0. The smallest absolute Gasteiger partial charge is 0.324 e. The molecule has 1 aliphatic heterocycles. The molecule has 0 spiro atoms. The number of piperazine rings is 1. The van der Waals surface area contributed by atoms with E-state index in [1.165, 1.54) is 17.1 Å². The fraction of sp³-hybridized carbons (Fsp3) is 0.556. The number of sulfonamides is 1. The van der Waals surface area contributed by atoms with Crippen molar-refractivity contribution in [3.8, 4) is 5.75 Å². The van der Waals surface area contributed by atoms with Gasteiger partial charge in [0, 0.05) is 32.8 Å². The van der Waals surface area contributed by atoms with Crippen molar-refractivity contribution in [2.45, 2.75) is 24.3 Å². The number of benzene rings is 1. The van der Waals surface area contributed by atoms with Crippen LogP contribution in [0.4, 0.5) is 6.01 Å². The molecule has 0 unspecified atom stereocenters. The molecular formula is C18H24N4O5S. The minimum Gasteiger partial charge on any atom is -0.497 e. The first-order chi connectivity index (χ1) is 13.6. The van der Waals surface area contributed by atoms with Crippen LogP contribution in [-0.4, -0.2) is 62.8 Å². The molecule has 1 aromatic carbocycles. The van der Waals surface area contributed by atoms with E-state index >= 15 is 0 Å². The Morgan fingerprint density at radius 3 is 2.50 bits per heavy atom.